The smallest absolute Gasteiger partial charge is 0.433 e. The second-order valence-electron chi connectivity index (χ2n) is 13.7. The van der Waals surface area contributed by atoms with Crippen molar-refractivity contribution in [3.63, 3.8) is 0 Å². The Morgan fingerprint density at radius 2 is 2.02 bits per heavy atom. The van der Waals surface area contributed by atoms with Crippen LogP contribution in [0.25, 0.3) is 6.08 Å². The Balaban J connectivity index is 1.44. The lowest BCUT2D eigenvalue weighted by molar-refractivity contribution is -0.144. The molecule has 0 unspecified atom stereocenters. The van der Waals surface area contributed by atoms with Crippen molar-refractivity contribution in [3.8, 4) is 0 Å². The summed E-state index contributed by atoms with van der Waals surface area (Å²) in [5.41, 5.74) is 0.150. The molecule has 13 heteroatoms. The molecule has 0 spiro atoms. The van der Waals surface area contributed by atoms with Gasteiger partial charge in [0.05, 0.1) is 52.3 Å². The molecule has 1 amide bonds. The summed E-state index contributed by atoms with van der Waals surface area (Å²) in [6.07, 6.45) is 3.38. The highest BCUT2D eigenvalue weighted by Crippen LogP contribution is 2.45. The first-order chi connectivity index (χ1) is 22.7. The molecule has 7 atom stereocenters. The first-order valence-electron chi connectivity index (χ1n) is 16.5. The summed E-state index contributed by atoms with van der Waals surface area (Å²) < 4.78 is 17.4. The van der Waals surface area contributed by atoms with Gasteiger partial charge in [0.1, 0.15) is 23.5 Å². The molecule has 2 aromatic heterocycles. The number of amides is 1. The molecular formula is C35H49N3O7S3. The maximum absolute atomic E-state index is 14.0. The number of thiazole rings is 1. The molecule has 2 aromatic rings. The van der Waals surface area contributed by atoms with Gasteiger partial charge in [-0.05, 0) is 74.1 Å². The third-order valence-electron chi connectivity index (χ3n) is 9.43. The monoisotopic (exact) mass is 719 g/mol. The Morgan fingerprint density at radius 1 is 1.25 bits per heavy atom. The van der Waals surface area contributed by atoms with E-state index in [4.69, 9.17) is 14.2 Å². The minimum Gasteiger partial charge on any atom is -0.433 e. The molecule has 0 saturated carbocycles. The number of aryl methyl sites for hydroxylation is 1. The van der Waals surface area contributed by atoms with E-state index >= 15 is 0 Å². The number of carbonyl (C=O) groups is 3. The average Bonchev–Trinajstić information content (AvgIpc) is 3.48. The van der Waals surface area contributed by atoms with E-state index in [1.807, 2.05) is 50.4 Å². The second kappa shape index (κ2) is 17.0. The van der Waals surface area contributed by atoms with Crippen LogP contribution in [0.15, 0.2) is 40.4 Å². The number of hydrogen-bond acceptors (Lipinski definition) is 12. The minimum atomic E-state index is -1.28. The van der Waals surface area contributed by atoms with E-state index < -0.39 is 29.7 Å². The Kier molecular flexibility index (Phi) is 13.6. The van der Waals surface area contributed by atoms with Gasteiger partial charge < -0.3 is 24.6 Å². The Labute approximate surface area is 296 Å². The molecule has 4 rings (SSSR count). The van der Waals surface area contributed by atoms with Crippen molar-refractivity contribution in [1.29, 1.82) is 0 Å². The summed E-state index contributed by atoms with van der Waals surface area (Å²) in [6, 6.07) is 5.35. The van der Waals surface area contributed by atoms with Gasteiger partial charge in [0.15, 0.2) is 0 Å². The zero-order chi connectivity index (χ0) is 35.1. The molecule has 2 N–H and O–H groups in total. The van der Waals surface area contributed by atoms with E-state index in [0.29, 0.717) is 18.6 Å². The summed E-state index contributed by atoms with van der Waals surface area (Å²) in [6.45, 7) is 13.1. The van der Waals surface area contributed by atoms with Crippen LogP contribution in [0.3, 0.4) is 0 Å². The summed E-state index contributed by atoms with van der Waals surface area (Å²) in [7, 11) is 3.01. The van der Waals surface area contributed by atoms with Gasteiger partial charge in [-0.2, -0.15) is 0 Å². The number of aliphatic hydroxyl groups is 1. The molecule has 0 bridgehead atoms. The van der Waals surface area contributed by atoms with Crippen LogP contribution in [-0.2, 0) is 23.8 Å². The quantitative estimate of drug-likeness (QED) is 0.126. The van der Waals surface area contributed by atoms with Crippen LogP contribution in [-0.4, -0.2) is 75.2 Å². The Hall–Kier alpha value is -2.45. The maximum Gasteiger partial charge on any atom is 0.508 e. The lowest BCUT2D eigenvalue weighted by Crippen LogP contribution is -2.48. The molecule has 2 saturated heterocycles. The first-order valence-corrected chi connectivity index (χ1v) is 19.7. The van der Waals surface area contributed by atoms with E-state index in [-0.39, 0.29) is 48.4 Å². The summed E-state index contributed by atoms with van der Waals surface area (Å²) >= 11 is 1.57. The van der Waals surface area contributed by atoms with E-state index in [2.05, 4.69) is 22.2 Å². The van der Waals surface area contributed by atoms with Crippen molar-refractivity contribution in [2.24, 2.45) is 17.3 Å². The number of aliphatic hydroxyl groups excluding tert-OH is 1. The second-order valence-corrected chi connectivity index (χ2v) is 17.2. The van der Waals surface area contributed by atoms with Gasteiger partial charge in [-0.25, -0.2) is 14.8 Å². The number of nitrogens with zero attached hydrogens (tertiary/aromatic N) is 2. The predicted molar refractivity (Wildman–Crippen MR) is 191 cm³/mol. The van der Waals surface area contributed by atoms with Crippen LogP contribution in [0, 0.1) is 24.2 Å². The number of carbonyl (C=O) groups excluding carboxylic acids is 3. The fourth-order valence-electron chi connectivity index (χ4n) is 6.20. The van der Waals surface area contributed by atoms with Crippen LogP contribution in [0.2, 0.25) is 0 Å². The highest BCUT2D eigenvalue weighted by Gasteiger charge is 2.52. The number of Topliss-reactive ketones (excluding diaryl/α,β-unsaturated/α-hetero) is 1. The fraction of sp³-hybridized carbons (Fsp3) is 0.629. The highest BCUT2D eigenvalue weighted by atomic mass is 33.1. The molecule has 2 fully saturated rings. The molecule has 0 aliphatic carbocycles. The lowest BCUT2D eigenvalue weighted by Gasteiger charge is -2.36. The lowest BCUT2D eigenvalue weighted by atomic mass is 9.72. The minimum absolute atomic E-state index is 0.0517. The predicted octanol–water partition coefficient (Wildman–Crippen LogP) is 7.05. The van der Waals surface area contributed by atoms with E-state index in [1.165, 1.54) is 21.6 Å². The van der Waals surface area contributed by atoms with Gasteiger partial charge in [0.25, 0.3) is 0 Å². The molecule has 4 heterocycles. The van der Waals surface area contributed by atoms with Crippen molar-refractivity contribution in [2.75, 3.05) is 12.4 Å². The Bertz CT molecular complexity index is 1440. The zero-order valence-electron chi connectivity index (χ0n) is 28.9. The van der Waals surface area contributed by atoms with Crippen LogP contribution >= 0.6 is 32.9 Å². The fourth-order valence-corrected chi connectivity index (χ4v) is 8.47. The topological polar surface area (TPSA) is 140 Å². The number of rotatable bonds is 8. The largest absolute Gasteiger partial charge is 0.508 e. The number of aromatic nitrogens is 2. The van der Waals surface area contributed by atoms with Crippen LogP contribution in [0.1, 0.15) is 84.3 Å². The third kappa shape index (κ3) is 10.5. The van der Waals surface area contributed by atoms with Crippen LogP contribution < -0.4 is 5.32 Å². The van der Waals surface area contributed by atoms with Crippen LogP contribution in [0.4, 0.5) is 4.79 Å². The maximum atomic E-state index is 14.0. The number of ketones is 1. The first kappa shape index (κ1) is 38.4. The summed E-state index contributed by atoms with van der Waals surface area (Å²) in [5.74, 6) is -1.03. The molecule has 0 radical (unpaired) electrons. The molecule has 264 valence electrons. The molecule has 48 heavy (non-hydrogen) atoms. The van der Waals surface area contributed by atoms with Crippen molar-refractivity contribution in [2.45, 2.75) is 116 Å². The molecule has 2 aliphatic rings. The molecule has 0 aromatic carbocycles. The van der Waals surface area contributed by atoms with Gasteiger partial charge in [-0.1, -0.05) is 51.0 Å². The average molecular weight is 720 g/mol. The SMILES string of the molecule is CC(=Cc1csc(C)n1)[C@@H]1C[C@@H]2O[C@]2(C)CCC[C@H](C)[C@H](OC(=O)OCCSSc2ccccn2)[C@@H](C)C(=O)C(C)(C)[C@@H](O)CC(=O)N1. The van der Waals surface area contributed by atoms with E-state index in [1.54, 1.807) is 38.3 Å². The number of nitrogens with one attached hydrogen (secondary N) is 1. The third-order valence-corrected chi connectivity index (χ3v) is 12.5. The van der Waals surface area contributed by atoms with Gasteiger partial charge in [0.2, 0.25) is 5.91 Å². The molecule has 10 nitrogen and oxygen atoms in total. The summed E-state index contributed by atoms with van der Waals surface area (Å²) in [4.78, 5) is 49.0. The van der Waals surface area contributed by atoms with Crippen LogP contribution in [0.5, 0.6) is 0 Å². The standard InChI is InChI=1S/C35H49N3O7S3/c1-21-11-10-13-35(7)28(45-35)18-26(22(2)17-25-20-46-24(4)37-25)38-29(40)19-27(39)34(5,6)32(41)23(3)31(21)44-33(42)43-15-16-47-48-30-12-8-9-14-36-30/h8-9,12,14,17,20-21,23,26-28,31,39H,10-11,13,15-16,18-19H2,1-7H3,(H,38,40)/t21-,23+,26-,27-,28-,31-,35+/m0/s1. The Morgan fingerprint density at radius 3 is 2.71 bits per heavy atom. The molecule has 2 aliphatic heterocycles. The van der Waals surface area contributed by atoms with E-state index in [0.717, 1.165) is 34.1 Å². The number of fused-ring (bicyclic) bond motifs is 1. The highest BCUT2D eigenvalue weighted by molar-refractivity contribution is 8.76. The van der Waals surface area contributed by atoms with Crippen molar-refractivity contribution in [1.82, 2.24) is 15.3 Å². The normalized spacial score (nSPS) is 30.2. The summed E-state index contributed by atoms with van der Waals surface area (Å²) in [5, 5.41) is 18.2. The number of pyridine rings is 1. The molecular weight excluding hydrogens is 671 g/mol. The number of epoxide rings is 1. The van der Waals surface area contributed by atoms with Gasteiger partial charge in [-0.15, -0.1) is 11.3 Å². The van der Waals surface area contributed by atoms with Crippen molar-refractivity contribution in [3.05, 3.63) is 46.1 Å². The van der Waals surface area contributed by atoms with Gasteiger partial charge in [0, 0.05) is 23.8 Å². The number of hydrogen-bond donors (Lipinski definition) is 2. The zero-order valence-corrected chi connectivity index (χ0v) is 31.3. The van der Waals surface area contributed by atoms with E-state index in [9.17, 15) is 19.5 Å². The van der Waals surface area contributed by atoms with Gasteiger partial charge >= 0.3 is 6.16 Å². The van der Waals surface area contributed by atoms with Crippen molar-refractivity contribution >= 4 is 56.8 Å². The van der Waals surface area contributed by atoms with Crippen molar-refractivity contribution < 1.29 is 33.7 Å². The number of ether oxygens (including phenoxy) is 3. The van der Waals surface area contributed by atoms with Gasteiger partial charge in [-0.3, -0.25) is 9.59 Å².